The number of halogens is 12. The molecule has 18 nitrogen and oxygen atoms in total. The molecule has 6 bridgehead atoms. The number of carbonyl (C=O) groups excluding carboxylic acids is 3. The number of nitrogens with zero attached hydrogens (tertiary/aromatic N) is 15. The Labute approximate surface area is 569 Å². The van der Waals surface area contributed by atoms with E-state index < -0.39 is 52.7 Å². The third-order valence-electron chi connectivity index (χ3n) is 19.7. The molecule has 15 heterocycles. The lowest BCUT2D eigenvalue weighted by Gasteiger charge is -2.25. The number of hydrogen-bond donors (Lipinski definition) is 0. The maximum absolute atomic E-state index is 14.4. The van der Waals surface area contributed by atoms with Crippen molar-refractivity contribution in [1.82, 2.24) is 74.5 Å². The highest BCUT2D eigenvalue weighted by Crippen LogP contribution is 2.48. The summed E-state index contributed by atoms with van der Waals surface area (Å²) in [5, 5.41) is 0. The van der Waals surface area contributed by atoms with Gasteiger partial charge in [0.25, 0.3) is 17.7 Å². The number of pyridine rings is 6. The molecular formula is C71H61F12N15O3. The third kappa shape index (κ3) is 14.4. The molecule has 0 radical (unpaired) electrons. The van der Waals surface area contributed by atoms with E-state index in [9.17, 15) is 67.1 Å². The van der Waals surface area contributed by atoms with Crippen molar-refractivity contribution in [1.29, 1.82) is 0 Å². The predicted molar refractivity (Wildman–Crippen MR) is 337 cm³/mol. The number of alkyl halides is 9. The summed E-state index contributed by atoms with van der Waals surface area (Å²) in [6.07, 6.45) is 7.88. The highest BCUT2D eigenvalue weighted by atomic mass is 19.4. The van der Waals surface area contributed by atoms with Gasteiger partial charge in [0.1, 0.15) is 34.5 Å². The minimum atomic E-state index is -4.65. The van der Waals surface area contributed by atoms with Gasteiger partial charge in [0.2, 0.25) is 0 Å². The van der Waals surface area contributed by atoms with Crippen molar-refractivity contribution < 1.29 is 67.1 Å². The third-order valence-corrected chi connectivity index (χ3v) is 19.7. The fraction of sp³-hybridized carbons (Fsp3) is 0.366. The monoisotopic (exact) mass is 1400 g/mol. The number of rotatable bonds is 12. The van der Waals surface area contributed by atoms with E-state index in [4.69, 9.17) is 0 Å². The van der Waals surface area contributed by atoms with Gasteiger partial charge in [0.05, 0.1) is 50.5 Å². The van der Waals surface area contributed by atoms with Gasteiger partial charge in [-0.15, -0.1) is 0 Å². The van der Waals surface area contributed by atoms with Crippen LogP contribution in [0.2, 0.25) is 0 Å². The van der Waals surface area contributed by atoms with E-state index in [1.54, 1.807) is 107 Å². The molecular weight excluding hydrogens is 1340 g/mol. The van der Waals surface area contributed by atoms with Gasteiger partial charge in [-0.3, -0.25) is 39.3 Å². The quantitative estimate of drug-likeness (QED) is 0.104. The summed E-state index contributed by atoms with van der Waals surface area (Å²) in [5.74, 6) is -2.71. The molecule has 15 rings (SSSR count). The first-order chi connectivity index (χ1) is 48.3. The molecule has 0 spiro atoms. The first-order valence-corrected chi connectivity index (χ1v) is 32.6. The van der Waals surface area contributed by atoms with Crippen LogP contribution in [0.4, 0.5) is 52.7 Å². The molecule has 101 heavy (non-hydrogen) atoms. The second kappa shape index (κ2) is 28.0. The first kappa shape index (κ1) is 69.2. The molecule has 6 aliphatic heterocycles. The van der Waals surface area contributed by atoms with E-state index in [1.165, 1.54) is 6.20 Å². The number of carbonyl (C=O) groups is 3. The fourth-order valence-electron chi connectivity index (χ4n) is 15.3. The Kier molecular flexibility index (Phi) is 19.2. The summed E-state index contributed by atoms with van der Waals surface area (Å²) in [5.41, 5.74) is 0.570. The largest absolute Gasteiger partial charge is 0.417 e. The van der Waals surface area contributed by atoms with E-state index in [1.807, 2.05) is 13.0 Å². The summed E-state index contributed by atoms with van der Waals surface area (Å²) in [4.78, 5) is 96.2. The number of hydrogen-bond acceptors (Lipinski definition) is 15. The van der Waals surface area contributed by atoms with Crippen molar-refractivity contribution >= 4 is 17.7 Å². The smallest absolute Gasteiger partial charge is 0.331 e. The van der Waals surface area contributed by atoms with Crippen LogP contribution >= 0.6 is 0 Å². The summed E-state index contributed by atoms with van der Waals surface area (Å²) < 4.78 is 159. The number of fused-ring (bicyclic) bond motifs is 6. The van der Waals surface area contributed by atoms with Gasteiger partial charge in [0, 0.05) is 110 Å². The lowest BCUT2D eigenvalue weighted by Crippen LogP contribution is -2.37. The second-order valence-corrected chi connectivity index (χ2v) is 26.0. The normalized spacial score (nSPS) is 21.9. The topological polar surface area (TPSA) is 216 Å². The van der Waals surface area contributed by atoms with Crippen LogP contribution in [0, 0.1) is 49.1 Å². The van der Waals surface area contributed by atoms with Crippen molar-refractivity contribution in [2.24, 2.45) is 17.8 Å². The van der Waals surface area contributed by atoms with Crippen LogP contribution in [0.3, 0.4) is 0 Å². The Morgan fingerprint density at radius 3 is 1.12 bits per heavy atom. The van der Waals surface area contributed by atoms with E-state index in [0.29, 0.717) is 95.9 Å². The summed E-state index contributed by atoms with van der Waals surface area (Å²) in [7, 11) is 0. The van der Waals surface area contributed by atoms with Crippen molar-refractivity contribution in [2.45, 2.75) is 146 Å². The molecule has 9 aromatic heterocycles. The molecule has 3 amide bonds. The molecule has 0 aromatic carbocycles. The number of aromatic nitrogens is 12. The molecule has 9 unspecified atom stereocenters. The second-order valence-electron chi connectivity index (χ2n) is 26.0. The predicted octanol–water partition coefficient (Wildman–Crippen LogP) is 13.6. The average Bonchev–Trinajstić information content (AvgIpc) is 1.62. The summed E-state index contributed by atoms with van der Waals surface area (Å²) >= 11 is 0. The van der Waals surface area contributed by atoms with Crippen LogP contribution in [0.15, 0.2) is 135 Å². The van der Waals surface area contributed by atoms with Crippen molar-refractivity contribution in [3.63, 3.8) is 0 Å². The summed E-state index contributed by atoms with van der Waals surface area (Å²) in [6, 6.07) is 14.8. The fourth-order valence-corrected chi connectivity index (χ4v) is 15.3. The molecule has 0 saturated carbocycles. The zero-order valence-corrected chi connectivity index (χ0v) is 53.9. The van der Waals surface area contributed by atoms with Crippen LogP contribution in [0.25, 0.3) is 34.2 Å². The van der Waals surface area contributed by atoms with Gasteiger partial charge < -0.3 is 14.7 Å². The van der Waals surface area contributed by atoms with Crippen LogP contribution in [-0.4, -0.2) is 128 Å². The Hall–Kier alpha value is -10.3. The van der Waals surface area contributed by atoms with Gasteiger partial charge >= 0.3 is 18.5 Å². The van der Waals surface area contributed by atoms with Gasteiger partial charge in [0.15, 0.2) is 17.5 Å². The van der Waals surface area contributed by atoms with E-state index in [2.05, 4.69) is 59.8 Å². The highest BCUT2D eigenvalue weighted by Gasteiger charge is 2.53. The van der Waals surface area contributed by atoms with E-state index in [-0.39, 0.29) is 125 Å². The molecule has 6 saturated heterocycles. The molecule has 522 valence electrons. The molecule has 9 aromatic rings. The minimum absolute atomic E-state index is 0.00926. The van der Waals surface area contributed by atoms with Crippen molar-refractivity contribution in [3.8, 4) is 34.2 Å². The average molecular weight is 1400 g/mol. The zero-order valence-electron chi connectivity index (χ0n) is 53.9. The Balaban J connectivity index is 0.000000135. The lowest BCUT2D eigenvalue weighted by atomic mass is 9.85. The van der Waals surface area contributed by atoms with Crippen molar-refractivity contribution in [3.05, 3.63) is 214 Å². The number of amides is 3. The Morgan fingerprint density at radius 2 is 0.743 bits per heavy atom. The minimum Gasteiger partial charge on any atom is -0.331 e. The maximum Gasteiger partial charge on any atom is 0.417 e. The van der Waals surface area contributed by atoms with E-state index >= 15 is 0 Å². The molecule has 0 N–H and O–H groups in total. The van der Waals surface area contributed by atoms with Gasteiger partial charge in [-0.1, -0.05) is 0 Å². The van der Waals surface area contributed by atoms with Gasteiger partial charge in [-0.05, 0) is 181 Å². The van der Waals surface area contributed by atoms with Gasteiger partial charge in [-0.2, -0.15) is 39.5 Å². The van der Waals surface area contributed by atoms with Crippen LogP contribution in [-0.2, 0) is 37.8 Å². The SMILES string of the molecule is Cc1ccc(-c2ncccn2)c(C(=O)N2C3CCC2C(Cc2ncc(C(F)(F)F)cc2F)C3)n1.Cc1cnc(C(=O)N2C3CCC2C(Cc2ncc(C(F)(F)F)cc2F)C3)c(-c2ncccn2)c1.O=C(c1ncccc1-c1ncccn1)N1C2CCC1C(Cc1ncc(C(F)(F)F)cc1F)C2. The lowest BCUT2D eigenvalue weighted by molar-refractivity contribution is -0.138. The number of aryl methyl sites for hydroxylation is 2. The zero-order chi connectivity index (χ0) is 71.2. The highest BCUT2D eigenvalue weighted by molar-refractivity contribution is 6.00. The first-order valence-electron chi connectivity index (χ1n) is 32.6. The standard InChI is InChI=1S/2C24H21F4N5O.C23H19F4N5O/c1-13-3-5-17(22-29-7-2-8-30-22)21(32-13)23(34)33-16-4-6-20(33)14(9-16)10-19-18(25)11-15(12-31-19)24(26,27)28;1-13-7-17(22-29-5-2-6-30-22)21(32-11-13)23(34)33-16-3-4-20(33)14(8-16)9-19-18(25)10-15(12-31-19)24(26,27)28;24-17-11-14(23(25,26)27)12-31-18(17)10-13-9-15-4-5-19(13)32(15)22(33)20-16(3-1-6-28-20)21-29-7-2-8-30-21/h2-3,5,7-8,11-12,14,16,20H,4,6,9-10H2,1H3;2,5-7,10-12,14,16,20H,3-4,8-9H2,1H3;1-3,6-8,11-13,15,19H,4-5,9-10H2. The van der Waals surface area contributed by atoms with Gasteiger partial charge in [-0.25, -0.2) is 48.1 Å². The Morgan fingerprint density at radius 1 is 0.396 bits per heavy atom. The maximum atomic E-state index is 14.4. The molecule has 6 aliphatic rings. The summed E-state index contributed by atoms with van der Waals surface area (Å²) in [6.45, 7) is 3.67. The van der Waals surface area contributed by atoms with Crippen LogP contribution in [0.1, 0.15) is 134 Å². The molecule has 6 fully saturated rings. The molecule has 0 aliphatic carbocycles. The van der Waals surface area contributed by atoms with Crippen molar-refractivity contribution in [2.75, 3.05) is 0 Å². The molecule has 30 heteroatoms. The molecule has 9 atom stereocenters. The van der Waals surface area contributed by atoms with Crippen LogP contribution in [0.5, 0.6) is 0 Å². The Bertz CT molecular complexity index is 4560. The van der Waals surface area contributed by atoms with Crippen LogP contribution < -0.4 is 0 Å². The van der Waals surface area contributed by atoms with E-state index in [0.717, 1.165) is 44.1 Å².